The minimum atomic E-state index is 0.339. The average Bonchev–Trinajstić information content (AvgIpc) is 2.20. The van der Waals surface area contributed by atoms with E-state index in [2.05, 4.69) is 4.98 Å². The van der Waals surface area contributed by atoms with Gasteiger partial charge in [0.05, 0.1) is 0 Å². The lowest BCUT2D eigenvalue weighted by Crippen LogP contribution is -1.95. The van der Waals surface area contributed by atoms with Gasteiger partial charge in [-0.3, -0.25) is 0 Å². The molecular formula is C11H11N3. The minimum absolute atomic E-state index is 0.339. The Morgan fingerprint density at radius 3 is 2.79 bits per heavy atom. The Labute approximate surface area is 83.2 Å². The van der Waals surface area contributed by atoms with E-state index in [0.29, 0.717) is 11.5 Å². The summed E-state index contributed by atoms with van der Waals surface area (Å²) in [4.78, 5) is 3.91. The van der Waals surface area contributed by atoms with Crippen molar-refractivity contribution in [2.75, 3.05) is 5.73 Å². The van der Waals surface area contributed by atoms with Crippen LogP contribution in [0.1, 0.15) is 18.2 Å². The Balaban J connectivity index is 2.96. The highest BCUT2D eigenvalue weighted by molar-refractivity contribution is 5.62. The van der Waals surface area contributed by atoms with Crippen molar-refractivity contribution >= 4 is 11.9 Å². The van der Waals surface area contributed by atoms with Gasteiger partial charge in [0.2, 0.25) is 0 Å². The zero-order valence-corrected chi connectivity index (χ0v) is 7.94. The van der Waals surface area contributed by atoms with Gasteiger partial charge < -0.3 is 5.73 Å². The van der Waals surface area contributed by atoms with Crippen molar-refractivity contribution < 1.29 is 0 Å². The summed E-state index contributed by atoms with van der Waals surface area (Å²) in [6, 6.07) is 5.36. The number of hydrogen-bond acceptors (Lipinski definition) is 3. The quantitative estimate of drug-likeness (QED) is 0.718. The van der Waals surface area contributed by atoms with E-state index in [1.807, 2.05) is 37.3 Å². The van der Waals surface area contributed by atoms with Crippen molar-refractivity contribution in [2.24, 2.45) is 0 Å². The number of anilines is 1. The van der Waals surface area contributed by atoms with Gasteiger partial charge in [-0.2, -0.15) is 5.26 Å². The number of nitrogens with zero attached hydrogens (tertiary/aromatic N) is 2. The number of allylic oxidation sites excluding steroid dienone is 3. The number of rotatable bonds is 2. The van der Waals surface area contributed by atoms with E-state index in [1.54, 1.807) is 12.1 Å². The lowest BCUT2D eigenvalue weighted by Gasteiger charge is -1.97. The van der Waals surface area contributed by atoms with Crippen molar-refractivity contribution in [3.8, 4) is 6.07 Å². The third-order valence-electron chi connectivity index (χ3n) is 1.65. The van der Waals surface area contributed by atoms with Gasteiger partial charge in [0, 0.05) is 5.56 Å². The molecule has 0 aliphatic rings. The lowest BCUT2D eigenvalue weighted by atomic mass is 10.2. The maximum absolute atomic E-state index is 8.57. The average molecular weight is 185 g/mol. The summed E-state index contributed by atoms with van der Waals surface area (Å²) in [7, 11) is 0. The molecule has 0 aliphatic heterocycles. The summed E-state index contributed by atoms with van der Waals surface area (Å²) in [5.41, 5.74) is 6.80. The summed E-state index contributed by atoms with van der Waals surface area (Å²) in [5.74, 6) is 0.379. The molecule has 0 fully saturated rings. The molecule has 0 amide bonds. The van der Waals surface area contributed by atoms with Gasteiger partial charge in [0.1, 0.15) is 17.6 Å². The predicted molar refractivity (Wildman–Crippen MR) is 57.2 cm³/mol. The highest BCUT2D eigenvalue weighted by Crippen LogP contribution is 2.11. The summed E-state index contributed by atoms with van der Waals surface area (Å²) in [6.07, 6.45) is 7.55. The third kappa shape index (κ3) is 2.46. The third-order valence-corrected chi connectivity index (χ3v) is 1.65. The van der Waals surface area contributed by atoms with E-state index in [1.165, 1.54) is 0 Å². The standard InChI is InChI=1S/C11H11N3/c1-2-3-4-5-9-6-7-10(8-12)14-11(9)13/h2-7H,1H3,(H2,13,14)/b3-2-,5-4-. The maximum Gasteiger partial charge on any atom is 0.142 e. The Bertz CT molecular complexity index is 411. The molecule has 1 rings (SSSR count). The molecule has 2 N–H and O–H groups in total. The molecule has 0 bridgehead atoms. The number of nitrogens with two attached hydrogens (primary N) is 1. The SMILES string of the molecule is C/C=C\C=C/c1ccc(C#N)nc1N. The highest BCUT2D eigenvalue weighted by atomic mass is 14.8. The predicted octanol–water partition coefficient (Wildman–Crippen LogP) is 2.12. The van der Waals surface area contributed by atoms with E-state index in [0.717, 1.165) is 5.56 Å². The van der Waals surface area contributed by atoms with Crippen LogP contribution in [0.3, 0.4) is 0 Å². The lowest BCUT2D eigenvalue weighted by molar-refractivity contribution is 1.26. The summed E-state index contributed by atoms with van der Waals surface area (Å²) in [6.45, 7) is 1.94. The van der Waals surface area contributed by atoms with Crippen molar-refractivity contribution in [2.45, 2.75) is 6.92 Å². The van der Waals surface area contributed by atoms with Gasteiger partial charge >= 0.3 is 0 Å². The molecule has 70 valence electrons. The van der Waals surface area contributed by atoms with E-state index in [9.17, 15) is 0 Å². The van der Waals surface area contributed by atoms with Crippen LogP contribution < -0.4 is 5.73 Å². The first-order valence-electron chi connectivity index (χ1n) is 4.24. The molecule has 1 heterocycles. The first-order chi connectivity index (χ1) is 6.77. The summed E-state index contributed by atoms with van der Waals surface area (Å²) < 4.78 is 0. The van der Waals surface area contributed by atoms with Crippen LogP contribution in [-0.2, 0) is 0 Å². The van der Waals surface area contributed by atoms with Crippen LogP contribution in [0, 0.1) is 11.3 Å². The second-order valence-corrected chi connectivity index (χ2v) is 2.67. The second-order valence-electron chi connectivity index (χ2n) is 2.67. The Kier molecular flexibility index (Phi) is 3.45. The largest absolute Gasteiger partial charge is 0.383 e. The fraction of sp³-hybridized carbons (Fsp3) is 0.0909. The monoisotopic (exact) mass is 185 g/mol. The maximum atomic E-state index is 8.57. The molecule has 0 unspecified atom stereocenters. The van der Waals surface area contributed by atoms with Gasteiger partial charge in [-0.1, -0.05) is 24.3 Å². The van der Waals surface area contributed by atoms with E-state index >= 15 is 0 Å². The van der Waals surface area contributed by atoms with Gasteiger partial charge in [0.25, 0.3) is 0 Å². The minimum Gasteiger partial charge on any atom is -0.383 e. The van der Waals surface area contributed by atoms with Crippen LogP contribution in [0.5, 0.6) is 0 Å². The molecule has 0 saturated heterocycles. The van der Waals surface area contributed by atoms with Crippen LogP contribution in [0.15, 0.2) is 30.4 Å². The fourth-order valence-corrected chi connectivity index (χ4v) is 0.959. The Morgan fingerprint density at radius 2 is 2.21 bits per heavy atom. The Hall–Kier alpha value is -2.08. The van der Waals surface area contributed by atoms with Crippen LogP contribution in [0.4, 0.5) is 5.82 Å². The molecule has 1 aromatic heterocycles. The van der Waals surface area contributed by atoms with Crippen LogP contribution >= 0.6 is 0 Å². The number of hydrogen-bond donors (Lipinski definition) is 1. The molecular weight excluding hydrogens is 174 g/mol. The van der Waals surface area contributed by atoms with Crippen LogP contribution in [0.25, 0.3) is 6.08 Å². The normalized spacial score (nSPS) is 10.9. The van der Waals surface area contributed by atoms with E-state index in [-0.39, 0.29) is 0 Å². The molecule has 0 aliphatic carbocycles. The molecule has 1 aromatic rings. The molecule has 0 atom stereocenters. The molecule has 3 heteroatoms. The smallest absolute Gasteiger partial charge is 0.142 e. The summed E-state index contributed by atoms with van der Waals surface area (Å²) in [5, 5.41) is 8.57. The molecule has 14 heavy (non-hydrogen) atoms. The zero-order chi connectivity index (χ0) is 10.4. The number of nitriles is 1. The van der Waals surface area contributed by atoms with Crippen molar-refractivity contribution in [3.05, 3.63) is 41.6 Å². The topological polar surface area (TPSA) is 62.7 Å². The van der Waals surface area contributed by atoms with E-state index in [4.69, 9.17) is 11.0 Å². The Morgan fingerprint density at radius 1 is 1.43 bits per heavy atom. The zero-order valence-electron chi connectivity index (χ0n) is 7.94. The van der Waals surface area contributed by atoms with Crippen molar-refractivity contribution in [3.63, 3.8) is 0 Å². The van der Waals surface area contributed by atoms with Gasteiger partial charge in [-0.25, -0.2) is 4.98 Å². The highest BCUT2D eigenvalue weighted by Gasteiger charge is 1.97. The van der Waals surface area contributed by atoms with Crippen molar-refractivity contribution in [1.29, 1.82) is 5.26 Å². The number of pyridine rings is 1. The van der Waals surface area contributed by atoms with E-state index < -0.39 is 0 Å². The first kappa shape index (κ1) is 10.0. The van der Waals surface area contributed by atoms with Gasteiger partial charge in [0.15, 0.2) is 0 Å². The van der Waals surface area contributed by atoms with Crippen LogP contribution in [-0.4, -0.2) is 4.98 Å². The first-order valence-corrected chi connectivity index (χ1v) is 4.24. The molecule has 0 radical (unpaired) electrons. The number of nitrogen functional groups attached to an aromatic ring is 1. The van der Waals surface area contributed by atoms with Gasteiger partial charge in [-0.15, -0.1) is 0 Å². The summed E-state index contributed by atoms with van der Waals surface area (Å²) >= 11 is 0. The molecule has 0 spiro atoms. The molecule has 0 aromatic carbocycles. The molecule has 3 nitrogen and oxygen atoms in total. The second kappa shape index (κ2) is 4.83. The van der Waals surface area contributed by atoms with Gasteiger partial charge in [-0.05, 0) is 19.1 Å². The number of aromatic nitrogens is 1. The van der Waals surface area contributed by atoms with Crippen LogP contribution in [0.2, 0.25) is 0 Å². The molecule has 0 saturated carbocycles. The fourth-order valence-electron chi connectivity index (χ4n) is 0.959. The van der Waals surface area contributed by atoms with Crippen molar-refractivity contribution in [1.82, 2.24) is 4.98 Å².